The first-order valence-corrected chi connectivity index (χ1v) is 9.60. The molecule has 1 aliphatic rings. The molecular formula is C19H12BrN3O3S. The van der Waals surface area contributed by atoms with E-state index in [1.165, 1.54) is 0 Å². The molecule has 6 nitrogen and oxygen atoms in total. The maximum Gasteiger partial charge on any atom is 0.294 e. The summed E-state index contributed by atoms with van der Waals surface area (Å²) in [7, 11) is 0. The third-order valence-corrected chi connectivity index (χ3v) is 5.27. The van der Waals surface area contributed by atoms with Gasteiger partial charge in [0.25, 0.3) is 11.1 Å². The third-order valence-electron chi connectivity index (χ3n) is 3.83. The number of hydrogen-bond donors (Lipinski definition) is 0. The minimum atomic E-state index is -0.368. The van der Waals surface area contributed by atoms with Gasteiger partial charge in [-0.1, -0.05) is 63.6 Å². The molecule has 0 saturated carbocycles. The number of halogens is 1. The molecule has 4 rings (SSSR count). The summed E-state index contributed by atoms with van der Waals surface area (Å²) in [5.74, 6) is 0.261. The van der Waals surface area contributed by atoms with Crippen molar-refractivity contribution in [2.45, 2.75) is 6.54 Å². The van der Waals surface area contributed by atoms with Crippen molar-refractivity contribution in [2.24, 2.45) is 0 Å². The first kappa shape index (κ1) is 17.7. The number of hydrogen-bond acceptors (Lipinski definition) is 6. The Bertz CT molecular complexity index is 1030. The SMILES string of the molecule is O=C1SC(=Cc2ccc(Br)cc2)C(=O)N1Cc1nc(-c2ccccc2)no1. The van der Waals surface area contributed by atoms with Gasteiger partial charge in [0.1, 0.15) is 6.54 Å². The number of rotatable bonds is 4. The van der Waals surface area contributed by atoms with Crippen molar-refractivity contribution in [2.75, 3.05) is 0 Å². The molecule has 2 aromatic carbocycles. The van der Waals surface area contributed by atoms with Crippen LogP contribution in [0.3, 0.4) is 0 Å². The average Bonchev–Trinajstić information content (AvgIpc) is 3.25. The van der Waals surface area contributed by atoms with Crippen molar-refractivity contribution in [3.05, 3.63) is 75.4 Å². The minimum absolute atomic E-state index is 0.0534. The molecule has 0 spiro atoms. The van der Waals surface area contributed by atoms with E-state index in [9.17, 15) is 9.59 Å². The summed E-state index contributed by atoms with van der Waals surface area (Å²) in [6.07, 6.45) is 1.69. The van der Waals surface area contributed by atoms with Crippen molar-refractivity contribution >= 4 is 44.9 Å². The van der Waals surface area contributed by atoms with Crippen molar-refractivity contribution in [3.8, 4) is 11.4 Å². The second kappa shape index (κ2) is 7.50. The van der Waals surface area contributed by atoms with Crippen LogP contribution in [-0.2, 0) is 11.3 Å². The molecule has 0 aliphatic carbocycles. The molecule has 0 radical (unpaired) electrons. The van der Waals surface area contributed by atoms with E-state index in [1.54, 1.807) is 6.08 Å². The lowest BCUT2D eigenvalue weighted by Gasteiger charge is -2.08. The highest BCUT2D eigenvalue weighted by molar-refractivity contribution is 9.10. The Morgan fingerprint density at radius 3 is 2.56 bits per heavy atom. The molecule has 0 atom stereocenters. The minimum Gasteiger partial charge on any atom is -0.337 e. The molecule has 1 aliphatic heterocycles. The Kier molecular flexibility index (Phi) is 4.91. The predicted octanol–water partition coefficient (Wildman–Crippen LogP) is 4.74. The number of imide groups is 1. The molecule has 2 amide bonds. The molecule has 8 heteroatoms. The van der Waals surface area contributed by atoms with Gasteiger partial charge < -0.3 is 4.52 Å². The zero-order valence-corrected chi connectivity index (χ0v) is 16.2. The Balaban J connectivity index is 1.51. The molecule has 134 valence electrons. The predicted molar refractivity (Wildman–Crippen MR) is 105 cm³/mol. The molecule has 1 aromatic heterocycles. The highest BCUT2D eigenvalue weighted by atomic mass is 79.9. The highest BCUT2D eigenvalue weighted by Crippen LogP contribution is 2.33. The number of carbonyl (C=O) groups is 2. The summed E-state index contributed by atoms with van der Waals surface area (Å²) in [5.41, 5.74) is 1.64. The van der Waals surface area contributed by atoms with E-state index < -0.39 is 0 Å². The van der Waals surface area contributed by atoms with Gasteiger partial charge in [0.2, 0.25) is 11.7 Å². The van der Waals surface area contributed by atoms with Gasteiger partial charge in [-0.25, -0.2) is 0 Å². The second-order valence-electron chi connectivity index (χ2n) is 5.70. The van der Waals surface area contributed by atoms with E-state index in [0.717, 1.165) is 32.3 Å². The summed E-state index contributed by atoms with van der Waals surface area (Å²) >= 11 is 4.27. The number of thioether (sulfide) groups is 1. The van der Waals surface area contributed by atoms with Gasteiger partial charge in [-0.15, -0.1) is 0 Å². The Labute approximate surface area is 167 Å². The monoisotopic (exact) mass is 441 g/mol. The van der Waals surface area contributed by atoms with Crippen molar-refractivity contribution < 1.29 is 14.1 Å². The van der Waals surface area contributed by atoms with Crippen LogP contribution in [0.25, 0.3) is 17.5 Å². The average molecular weight is 442 g/mol. The van der Waals surface area contributed by atoms with Gasteiger partial charge in [0, 0.05) is 10.0 Å². The summed E-state index contributed by atoms with van der Waals surface area (Å²) in [6, 6.07) is 16.8. The van der Waals surface area contributed by atoms with E-state index in [2.05, 4.69) is 26.1 Å². The van der Waals surface area contributed by atoms with Crippen LogP contribution < -0.4 is 0 Å². The van der Waals surface area contributed by atoms with Crippen molar-refractivity contribution in [1.29, 1.82) is 0 Å². The number of nitrogens with zero attached hydrogens (tertiary/aromatic N) is 3. The summed E-state index contributed by atoms with van der Waals surface area (Å²) in [4.78, 5) is 30.6. The molecule has 1 fully saturated rings. The van der Waals surface area contributed by atoms with Crippen molar-refractivity contribution in [1.82, 2.24) is 15.0 Å². The Morgan fingerprint density at radius 1 is 1.07 bits per heavy atom. The van der Waals surface area contributed by atoms with Crippen LogP contribution in [0.1, 0.15) is 11.5 Å². The number of aromatic nitrogens is 2. The largest absolute Gasteiger partial charge is 0.337 e. The van der Waals surface area contributed by atoms with Gasteiger partial charge in [-0.3, -0.25) is 14.5 Å². The number of benzene rings is 2. The molecule has 1 saturated heterocycles. The molecule has 3 aromatic rings. The van der Waals surface area contributed by atoms with Gasteiger partial charge in [-0.2, -0.15) is 4.98 Å². The van der Waals surface area contributed by atoms with Crippen molar-refractivity contribution in [3.63, 3.8) is 0 Å². The molecule has 2 heterocycles. The Morgan fingerprint density at radius 2 is 1.81 bits per heavy atom. The lowest BCUT2D eigenvalue weighted by Crippen LogP contribution is -2.27. The van der Waals surface area contributed by atoms with Crippen LogP contribution in [0, 0.1) is 0 Å². The van der Waals surface area contributed by atoms with Gasteiger partial charge in [0.15, 0.2) is 0 Å². The second-order valence-corrected chi connectivity index (χ2v) is 7.61. The van der Waals surface area contributed by atoms with E-state index in [-0.39, 0.29) is 23.6 Å². The summed E-state index contributed by atoms with van der Waals surface area (Å²) < 4.78 is 6.15. The molecule has 0 N–H and O–H groups in total. The zero-order valence-electron chi connectivity index (χ0n) is 13.8. The van der Waals surface area contributed by atoms with E-state index in [0.29, 0.717) is 10.7 Å². The maximum absolute atomic E-state index is 12.6. The van der Waals surface area contributed by atoms with Gasteiger partial charge in [0.05, 0.1) is 4.91 Å². The highest BCUT2D eigenvalue weighted by Gasteiger charge is 2.36. The normalized spacial score (nSPS) is 15.7. The zero-order chi connectivity index (χ0) is 18.8. The summed E-state index contributed by atoms with van der Waals surface area (Å²) in [5, 5.41) is 3.55. The first-order chi connectivity index (χ1) is 13.1. The Hall–Kier alpha value is -2.71. The lowest BCUT2D eigenvalue weighted by molar-refractivity contribution is -0.123. The van der Waals surface area contributed by atoms with Crippen LogP contribution in [0.2, 0.25) is 0 Å². The molecule has 0 bridgehead atoms. The van der Waals surface area contributed by atoms with Gasteiger partial charge in [-0.05, 0) is 35.5 Å². The fourth-order valence-corrected chi connectivity index (χ4v) is 3.61. The van der Waals surface area contributed by atoms with Crippen LogP contribution in [0.15, 0.2) is 68.5 Å². The van der Waals surface area contributed by atoms with Crippen LogP contribution in [-0.4, -0.2) is 26.2 Å². The van der Waals surface area contributed by atoms with Gasteiger partial charge >= 0.3 is 0 Å². The first-order valence-electron chi connectivity index (χ1n) is 7.99. The fraction of sp³-hybridized carbons (Fsp3) is 0.0526. The maximum atomic E-state index is 12.6. The topological polar surface area (TPSA) is 76.3 Å². The quantitative estimate of drug-likeness (QED) is 0.544. The smallest absolute Gasteiger partial charge is 0.294 e. The fourth-order valence-electron chi connectivity index (χ4n) is 2.51. The molecular weight excluding hydrogens is 430 g/mol. The number of amides is 2. The number of carbonyl (C=O) groups excluding carboxylic acids is 2. The molecule has 0 unspecified atom stereocenters. The third kappa shape index (κ3) is 3.86. The van der Waals surface area contributed by atoms with Crippen LogP contribution >= 0.6 is 27.7 Å². The van der Waals surface area contributed by atoms with E-state index in [4.69, 9.17) is 4.52 Å². The van der Waals surface area contributed by atoms with Crippen LogP contribution in [0.4, 0.5) is 4.79 Å². The lowest BCUT2D eigenvalue weighted by atomic mass is 10.2. The molecule has 27 heavy (non-hydrogen) atoms. The standard InChI is InChI=1S/C19H12BrN3O3S/c20-14-8-6-12(7-9-14)10-15-18(24)23(19(25)27-15)11-16-21-17(22-26-16)13-4-2-1-3-5-13/h1-10H,11H2. The van der Waals surface area contributed by atoms with Crippen LogP contribution in [0.5, 0.6) is 0 Å². The van der Waals surface area contributed by atoms with E-state index >= 15 is 0 Å². The van der Waals surface area contributed by atoms with E-state index in [1.807, 2.05) is 54.6 Å². The summed E-state index contributed by atoms with van der Waals surface area (Å²) in [6.45, 7) is -0.0534.